The molecule has 0 aliphatic carbocycles. The number of esters is 1. The Morgan fingerprint density at radius 2 is 1.85 bits per heavy atom. The summed E-state index contributed by atoms with van der Waals surface area (Å²) in [5.74, 6) is 0.0696. The van der Waals surface area contributed by atoms with Crippen molar-refractivity contribution in [3.63, 3.8) is 0 Å². The van der Waals surface area contributed by atoms with Crippen LogP contribution in [0.5, 0.6) is 5.75 Å². The van der Waals surface area contributed by atoms with Crippen molar-refractivity contribution in [2.45, 2.75) is 27.2 Å². The number of carbonyl (C=O) groups excluding carboxylic acids is 2. The molecule has 1 amide bonds. The molecule has 1 N–H and O–H groups in total. The van der Waals surface area contributed by atoms with Crippen LogP contribution in [0.2, 0.25) is 0 Å². The minimum atomic E-state index is -0.557. The molecule has 0 aromatic heterocycles. The molecule has 0 radical (unpaired) electrons. The summed E-state index contributed by atoms with van der Waals surface area (Å²) in [5, 5.41) is 2.77. The van der Waals surface area contributed by atoms with Gasteiger partial charge in [-0.05, 0) is 42.2 Å². The first-order chi connectivity index (χ1) is 12.5. The number of anilines is 1. The second-order valence-corrected chi connectivity index (χ2v) is 6.37. The number of ether oxygens (including phenoxy) is 2. The Hall–Kier alpha value is -2.82. The van der Waals surface area contributed by atoms with Crippen LogP contribution in [0.15, 0.2) is 48.5 Å². The van der Waals surface area contributed by atoms with Crippen LogP contribution in [-0.4, -0.2) is 25.1 Å². The van der Waals surface area contributed by atoms with E-state index in [0.717, 1.165) is 17.7 Å². The van der Waals surface area contributed by atoms with Crippen LogP contribution in [0.25, 0.3) is 0 Å². The molecule has 2 aromatic carbocycles. The Morgan fingerprint density at radius 3 is 2.58 bits per heavy atom. The number of hydrogen-bond donors (Lipinski definition) is 1. The quantitative estimate of drug-likeness (QED) is 0.725. The molecule has 0 atom stereocenters. The topological polar surface area (TPSA) is 64.6 Å². The Labute approximate surface area is 154 Å². The smallest absolute Gasteiger partial charge is 0.338 e. The van der Waals surface area contributed by atoms with Gasteiger partial charge in [0.15, 0.2) is 6.61 Å². The number of benzene rings is 2. The summed E-state index contributed by atoms with van der Waals surface area (Å²) in [5.41, 5.74) is 2.12. The van der Waals surface area contributed by atoms with Crippen molar-refractivity contribution < 1.29 is 19.1 Å². The first-order valence-corrected chi connectivity index (χ1v) is 8.77. The molecule has 2 aromatic rings. The predicted molar refractivity (Wildman–Crippen MR) is 102 cm³/mol. The van der Waals surface area contributed by atoms with Gasteiger partial charge in [-0.3, -0.25) is 4.79 Å². The Morgan fingerprint density at radius 1 is 1.08 bits per heavy atom. The lowest BCUT2D eigenvalue weighted by atomic mass is 10.1. The van der Waals surface area contributed by atoms with E-state index in [9.17, 15) is 9.59 Å². The molecule has 26 heavy (non-hydrogen) atoms. The second-order valence-electron chi connectivity index (χ2n) is 6.37. The third kappa shape index (κ3) is 5.92. The highest BCUT2D eigenvalue weighted by Crippen LogP contribution is 2.16. The maximum absolute atomic E-state index is 12.2. The molecule has 0 bridgehead atoms. The fourth-order valence-corrected chi connectivity index (χ4v) is 2.33. The lowest BCUT2D eigenvalue weighted by molar-refractivity contribution is -0.119. The predicted octanol–water partition coefficient (Wildman–Crippen LogP) is 4.08. The largest absolute Gasteiger partial charge is 0.493 e. The highest BCUT2D eigenvalue weighted by Gasteiger charge is 2.12. The van der Waals surface area contributed by atoms with Crippen LogP contribution in [0.4, 0.5) is 5.69 Å². The fraction of sp³-hybridized carbons (Fsp3) is 0.333. The van der Waals surface area contributed by atoms with Gasteiger partial charge in [0.05, 0.1) is 12.2 Å². The zero-order chi connectivity index (χ0) is 18.9. The van der Waals surface area contributed by atoms with Crippen molar-refractivity contribution >= 4 is 17.6 Å². The Kier molecular flexibility index (Phi) is 7.21. The molecular formula is C21H25NO4. The molecule has 0 fully saturated rings. The molecule has 138 valence electrons. The standard InChI is InChI=1S/C21H25NO4/c1-4-16-8-5-6-11-19(16)22-20(23)14-26-21(24)17-9-7-10-18(12-17)25-13-15(2)3/h5-12,15H,4,13-14H2,1-3H3,(H,22,23). The van der Waals surface area contributed by atoms with Gasteiger partial charge in [-0.25, -0.2) is 4.79 Å². The van der Waals surface area contributed by atoms with Gasteiger partial charge in [0.2, 0.25) is 0 Å². The fourth-order valence-electron chi connectivity index (χ4n) is 2.33. The van der Waals surface area contributed by atoms with Crippen LogP contribution >= 0.6 is 0 Å². The number of rotatable bonds is 8. The molecule has 5 heteroatoms. The normalized spacial score (nSPS) is 10.5. The SMILES string of the molecule is CCc1ccccc1NC(=O)COC(=O)c1cccc(OCC(C)C)c1. The summed E-state index contributed by atoms with van der Waals surface area (Å²) in [6.07, 6.45) is 0.805. The van der Waals surface area contributed by atoms with Gasteiger partial charge in [0.1, 0.15) is 5.75 Å². The van der Waals surface area contributed by atoms with E-state index in [4.69, 9.17) is 9.47 Å². The van der Waals surface area contributed by atoms with Gasteiger partial charge >= 0.3 is 5.97 Å². The summed E-state index contributed by atoms with van der Waals surface area (Å²) < 4.78 is 10.7. The molecule has 2 rings (SSSR count). The average molecular weight is 355 g/mol. The summed E-state index contributed by atoms with van der Waals surface area (Å²) in [4.78, 5) is 24.2. The van der Waals surface area contributed by atoms with Crippen LogP contribution in [0.3, 0.4) is 0 Å². The van der Waals surface area contributed by atoms with E-state index in [0.29, 0.717) is 23.8 Å². The first kappa shape index (κ1) is 19.5. The summed E-state index contributed by atoms with van der Waals surface area (Å²) >= 11 is 0. The van der Waals surface area contributed by atoms with E-state index in [1.807, 2.05) is 45.0 Å². The van der Waals surface area contributed by atoms with Crippen molar-refractivity contribution in [2.75, 3.05) is 18.5 Å². The third-order valence-electron chi connectivity index (χ3n) is 3.66. The van der Waals surface area contributed by atoms with E-state index in [1.165, 1.54) is 0 Å². The molecule has 0 spiro atoms. The summed E-state index contributed by atoms with van der Waals surface area (Å²) in [6, 6.07) is 14.3. The number of carbonyl (C=O) groups is 2. The zero-order valence-electron chi connectivity index (χ0n) is 15.5. The van der Waals surface area contributed by atoms with Crippen LogP contribution in [0.1, 0.15) is 36.7 Å². The monoisotopic (exact) mass is 355 g/mol. The molecular weight excluding hydrogens is 330 g/mol. The van der Waals surface area contributed by atoms with Crippen LogP contribution in [-0.2, 0) is 16.0 Å². The van der Waals surface area contributed by atoms with Crippen molar-refractivity contribution in [3.8, 4) is 5.75 Å². The lowest BCUT2D eigenvalue weighted by Gasteiger charge is -2.11. The first-order valence-electron chi connectivity index (χ1n) is 8.77. The third-order valence-corrected chi connectivity index (χ3v) is 3.66. The number of para-hydroxylation sites is 1. The minimum Gasteiger partial charge on any atom is -0.493 e. The van der Waals surface area contributed by atoms with Crippen molar-refractivity contribution in [3.05, 3.63) is 59.7 Å². The van der Waals surface area contributed by atoms with Crippen LogP contribution < -0.4 is 10.1 Å². The van der Waals surface area contributed by atoms with E-state index >= 15 is 0 Å². The van der Waals surface area contributed by atoms with Crippen molar-refractivity contribution in [1.82, 2.24) is 0 Å². The highest BCUT2D eigenvalue weighted by atomic mass is 16.5. The van der Waals surface area contributed by atoms with Gasteiger partial charge < -0.3 is 14.8 Å². The maximum atomic E-state index is 12.2. The number of amides is 1. The maximum Gasteiger partial charge on any atom is 0.338 e. The zero-order valence-corrected chi connectivity index (χ0v) is 15.5. The van der Waals surface area contributed by atoms with Gasteiger partial charge in [0.25, 0.3) is 5.91 Å². The van der Waals surface area contributed by atoms with Gasteiger partial charge in [-0.2, -0.15) is 0 Å². The number of aryl methyl sites for hydroxylation is 1. The molecule has 0 saturated carbocycles. The molecule has 0 saturated heterocycles. The van der Waals surface area contributed by atoms with Gasteiger partial charge in [-0.15, -0.1) is 0 Å². The lowest BCUT2D eigenvalue weighted by Crippen LogP contribution is -2.21. The van der Waals surface area contributed by atoms with E-state index < -0.39 is 5.97 Å². The Balaban J connectivity index is 1.89. The summed E-state index contributed by atoms with van der Waals surface area (Å²) in [6.45, 7) is 6.34. The van der Waals surface area contributed by atoms with Crippen molar-refractivity contribution in [1.29, 1.82) is 0 Å². The van der Waals surface area contributed by atoms with E-state index in [1.54, 1.807) is 24.3 Å². The van der Waals surface area contributed by atoms with Gasteiger partial charge in [0, 0.05) is 5.69 Å². The minimum absolute atomic E-state index is 0.339. The number of hydrogen-bond acceptors (Lipinski definition) is 4. The Bertz CT molecular complexity index is 755. The van der Waals surface area contributed by atoms with Crippen LogP contribution in [0, 0.1) is 5.92 Å². The average Bonchev–Trinajstić information content (AvgIpc) is 2.65. The van der Waals surface area contributed by atoms with E-state index in [-0.39, 0.29) is 12.5 Å². The second kappa shape index (κ2) is 9.61. The van der Waals surface area contributed by atoms with E-state index in [2.05, 4.69) is 5.32 Å². The van der Waals surface area contributed by atoms with Crippen molar-refractivity contribution in [2.24, 2.45) is 5.92 Å². The highest BCUT2D eigenvalue weighted by molar-refractivity contribution is 5.96. The molecule has 0 aliphatic rings. The molecule has 0 unspecified atom stereocenters. The van der Waals surface area contributed by atoms with Gasteiger partial charge in [-0.1, -0.05) is 45.0 Å². The number of nitrogens with one attached hydrogen (secondary N) is 1. The molecule has 0 aliphatic heterocycles. The summed E-state index contributed by atoms with van der Waals surface area (Å²) in [7, 11) is 0. The molecule has 0 heterocycles. The molecule has 5 nitrogen and oxygen atoms in total.